The number of hydrogen-bond acceptors (Lipinski definition) is 2. The largest absolute Gasteiger partial charge is 0.369 e. The molecule has 0 spiro atoms. The molecule has 1 fully saturated rings. The number of benzene rings is 1. The molecule has 2 rings (SSSR count). The van der Waals surface area contributed by atoms with Gasteiger partial charge in [-0.1, -0.05) is 28.9 Å². The average molecular weight is 297 g/mol. The van der Waals surface area contributed by atoms with E-state index >= 15 is 0 Å². The van der Waals surface area contributed by atoms with Crippen LogP contribution in [0.3, 0.4) is 0 Å². The van der Waals surface area contributed by atoms with Crippen LogP contribution in [0.4, 0.5) is 5.69 Å². The van der Waals surface area contributed by atoms with Crippen LogP contribution in [0.5, 0.6) is 0 Å². The average Bonchev–Trinajstić information content (AvgIpc) is 2.74. The lowest BCUT2D eigenvalue weighted by atomic mass is 10.1. The van der Waals surface area contributed by atoms with Crippen molar-refractivity contribution in [1.29, 1.82) is 0 Å². The van der Waals surface area contributed by atoms with E-state index in [9.17, 15) is 0 Å². The van der Waals surface area contributed by atoms with Crippen molar-refractivity contribution >= 4 is 21.6 Å². The van der Waals surface area contributed by atoms with Crippen molar-refractivity contribution in [3.63, 3.8) is 0 Å². The lowest BCUT2D eigenvalue weighted by Crippen LogP contribution is -2.28. The second kappa shape index (κ2) is 5.87. The highest BCUT2D eigenvalue weighted by molar-refractivity contribution is 9.10. The molecule has 1 aromatic rings. The second-order valence-electron chi connectivity index (χ2n) is 4.74. The minimum Gasteiger partial charge on any atom is -0.369 e. The number of nitrogens with one attached hydrogen (secondary N) is 1. The maximum Gasteiger partial charge on any atom is 0.0425 e. The van der Waals surface area contributed by atoms with Gasteiger partial charge < -0.3 is 10.2 Å². The van der Waals surface area contributed by atoms with E-state index in [0.717, 1.165) is 13.1 Å². The molecule has 1 aliphatic heterocycles. The molecule has 1 aliphatic rings. The first-order valence-electron chi connectivity index (χ1n) is 6.48. The molecule has 0 radical (unpaired) electrons. The van der Waals surface area contributed by atoms with E-state index in [2.05, 4.69) is 58.2 Å². The topological polar surface area (TPSA) is 15.3 Å². The van der Waals surface area contributed by atoms with Gasteiger partial charge in [0.15, 0.2) is 0 Å². The smallest absolute Gasteiger partial charge is 0.0425 e. The third-order valence-corrected chi connectivity index (χ3v) is 3.97. The minimum atomic E-state index is 0.671. The van der Waals surface area contributed by atoms with Gasteiger partial charge in [0.25, 0.3) is 0 Å². The Labute approximate surface area is 113 Å². The van der Waals surface area contributed by atoms with Crippen LogP contribution < -0.4 is 10.2 Å². The number of nitrogens with zero attached hydrogens (tertiary/aromatic N) is 1. The Bertz CT molecular complexity index is 378. The Morgan fingerprint density at radius 1 is 1.47 bits per heavy atom. The van der Waals surface area contributed by atoms with Crippen LogP contribution in [-0.4, -0.2) is 19.1 Å². The van der Waals surface area contributed by atoms with Gasteiger partial charge >= 0.3 is 0 Å². The highest BCUT2D eigenvalue weighted by Gasteiger charge is 2.22. The molecular weight excluding hydrogens is 276 g/mol. The van der Waals surface area contributed by atoms with E-state index in [1.807, 2.05) is 0 Å². The van der Waals surface area contributed by atoms with Crippen LogP contribution in [0.25, 0.3) is 0 Å². The van der Waals surface area contributed by atoms with Gasteiger partial charge in [-0.3, -0.25) is 0 Å². The summed E-state index contributed by atoms with van der Waals surface area (Å²) in [6.45, 7) is 7.64. The second-order valence-corrected chi connectivity index (χ2v) is 5.65. The summed E-state index contributed by atoms with van der Waals surface area (Å²) in [4.78, 5) is 2.54. The highest BCUT2D eigenvalue weighted by Crippen LogP contribution is 2.31. The standard InChI is InChI=1S/C14H21BrN2/c1-3-16-10-12-6-7-13(15)9-14(12)17-8-4-5-11(17)2/h6-7,9,11,16H,3-5,8,10H2,1-2H3. The van der Waals surface area contributed by atoms with E-state index in [0.29, 0.717) is 6.04 Å². The summed E-state index contributed by atoms with van der Waals surface area (Å²) in [6, 6.07) is 7.29. The summed E-state index contributed by atoms with van der Waals surface area (Å²) < 4.78 is 1.17. The van der Waals surface area contributed by atoms with Crippen LogP contribution in [0, 0.1) is 0 Å². The molecule has 0 saturated carbocycles. The Morgan fingerprint density at radius 2 is 2.29 bits per heavy atom. The van der Waals surface area contributed by atoms with Gasteiger partial charge in [-0.15, -0.1) is 0 Å². The normalized spacial score (nSPS) is 19.9. The van der Waals surface area contributed by atoms with Gasteiger partial charge in [-0.05, 0) is 44.0 Å². The third-order valence-electron chi connectivity index (χ3n) is 3.48. The summed E-state index contributed by atoms with van der Waals surface area (Å²) in [5.74, 6) is 0. The van der Waals surface area contributed by atoms with Crippen LogP contribution in [0.2, 0.25) is 0 Å². The van der Waals surface area contributed by atoms with Crippen molar-refractivity contribution in [1.82, 2.24) is 5.32 Å². The molecule has 1 N–H and O–H groups in total. The van der Waals surface area contributed by atoms with E-state index in [1.165, 1.54) is 35.1 Å². The van der Waals surface area contributed by atoms with E-state index in [1.54, 1.807) is 0 Å². The van der Waals surface area contributed by atoms with Crippen molar-refractivity contribution < 1.29 is 0 Å². The van der Waals surface area contributed by atoms with Crippen molar-refractivity contribution in [2.24, 2.45) is 0 Å². The van der Waals surface area contributed by atoms with Crippen LogP contribution in [0.15, 0.2) is 22.7 Å². The highest BCUT2D eigenvalue weighted by atomic mass is 79.9. The first-order chi connectivity index (χ1) is 8.22. The summed E-state index contributed by atoms with van der Waals surface area (Å²) in [7, 11) is 0. The van der Waals surface area contributed by atoms with Gasteiger partial charge in [-0.2, -0.15) is 0 Å². The summed E-state index contributed by atoms with van der Waals surface area (Å²) in [6.07, 6.45) is 2.63. The van der Waals surface area contributed by atoms with E-state index in [-0.39, 0.29) is 0 Å². The molecular formula is C14H21BrN2. The number of halogens is 1. The fourth-order valence-electron chi connectivity index (χ4n) is 2.50. The van der Waals surface area contributed by atoms with Crippen molar-refractivity contribution in [3.8, 4) is 0 Å². The Morgan fingerprint density at radius 3 is 2.94 bits per heavy atom. The molecule has 1 saturated heterocycles. The molecule has 0 aliphatic carbocycles. The SMILES string of the molecule is CCNCc1ccc(Br)cc1N1CCCC1C. The predicted molar refractivity (Wildman–Crippen MR) is 77.6 cm³/mol. The van der Waals surface area contributed by atoms with Gasteiger partial charge in [0.1, 0.15) is 0 Å². The molecule has 0 amide bonds. The molecule has 1 unspecified atom stereocenters. The molecule has 0 bridgehead atoms. The molecule has 17 heavy (non-hydrogen) atoms. The van der Waals surface area contributed by atoms with Crippen molar-refractivity contribution in [3.05, 3.63) is 28.2 Å². The molecule has 0 aromatic heterocycles. The molecule has 1 atom stereocenters. The quantitative estimate of drug-likeness (QED) is 0.914. The summed E-state index contributed by atoms with van der Waals surface area (Å²) in [5.41, 5.74) is 2.80. The zero-order valence-electron chi connectivity index (χ0n) is 10.7. The zero-order chi connectivity index (χ0) is 12.3. The molecule has 1 aromatic carbocycles. The van der Waals surface area contributed by atoms with Gasteiger partial charge in [-0.25, -0.2) is 0 Å². The van der Waals surface area contributed by atoms with Crippen LogP contribution >= 0.6 is 15.9 Å². The first-order valence-corrected chi connectivity index (χ1v) is 7.27. The number of hydrogen-bond donors (Lipinski definition) is 1. The molecule has 94 valence electrons. The van der Waals surface area contributed by atoms with E-state index < -0.39 is 0 Å². The van der Waals surface area contributed by atoms with E-state index in [4.69, 9.17) is 0 Å². The molecule has 3 heteroatoms. The maximum atomic E-state index is 3.58. The predicted octanol–water partition coefficient (Wildman–Crippen LogP) is 3.55. The van der Waals surface area contributed by atoms with Crippen molar-refractivity contribution in [2.75, 3.05) is 18.0 Å². The van der Waals surface area contributed by atoms with Gasteiger partial charge in [0, 0.05) is 29.3 Å². The van der Waals surface area contributed by atoms with Crippen LogP contribution in [0.1, 0.15) is 32.3 Å². The Balaban J connectivity index is 2.25. The fourth-order valence-corrected chi connectivity index (χ4v) is 2.85. The Hall–Kier alpha value is -0.540. The maximum absolute atomic E-state index is 3.58. The monoisotopic (exact) mass is 296 g/mol. The van der Waals surface area contributed by atoms with Crippen LogP contribution in [-0.2, 0) is 6.54 Å². The first kappa shape index (κ1) is 12.9. The molecule has 2 nitrogen and oxygen atoms in total. The summed E-state index contributed by atoms with van der Waals surface area (Å²) >= 11 is 3.58. The summed E-state index contributed by atoms with van der Waals surface area (Å²) in [5, 5.41) is 3.42. The lowest BCUT2D eigenvalue weighted by Gasteiger charge is -2.27. The third kappa shape index (κ3) is 3.02. The van der Waals surface area contributed by atoms with Crippen molar-refractivity contribution in [2.45, 2.75) is 39.3 Å². The van der Waals surface area contributed by atoms with Gasteiger partial charge in [0.05, 0.1) is 0 Å². The zero-order valence-corrected chi connectivity index (χ0v) is 12.3. The molecule has 1 heterocycles. The number of rotatable bonds is 4. The Kier molecular flexibility index (Phi) is 4.46. The fraction of sp³-hybridized carbons (Fsp3) is 0.571. The van der Waals surface area contributed by atoms with Gasteiger partial charge in [0.2, 0.25) is 0 Å². The number of anilines is 1. The minimum absolute atomic E-state index is 0.671. The lowest BCUT2D eigenvalue weighted by molar-refractivity contribution is 0.705.